The Labute approximate surface area is 125 Å². The zero-order valence-electron chi connectivity index (χ0n) is 12.9. The van der Waals surface area contributed by atoms with Gasteiger partial charge in [-0.3, -0.25) is 9.69 Å². The SMILES string of the molecule is CC(=O)N1CCO[C@H]2CCN(Cc3cncn3C)CC[C@H]21. The van der Waals surface area contributed by atoms with E-state index in [0.717, 1.165) is 39.0 Å². The third-order valence-electron chi connectivity index (χ3n) is 4.67. The van der Waals surface area contributed by atoms with Crippen LogP contribution in [0.15, 0.2) is 12.5 Å². The van der Waals surface area contributed by atoms with Crippen LogP contribution in [0, 0.1) is 0 Å². The van der Waals surface area contributed by atoms with Gasteiger partial charge in [0, 0.05) is 46.3 Å². The van der Waals surface area contributed by atoms with Gasteiger partial charge in [-0.05, 0) is 12.8 Å². The molecule has 2 aliphatic rings. The normalized spacial score (nSPS) is 27.2. The minimum atomic E-state index is 0.174. The minimum absolute atomic E-state index is 0.174. The molecule has 6 heteroatoms. The van der Waals surface area contributed by atoms with Crippen molar-refractivity contribution in [2.75, 3.05) is 26.2 Å². The molecule has 2 atom stereocenters. The molecule has 0 aliphatic carbocycles. The molecule has 0 saturated carbocycles. The van der Waals surface area contributed by atoms with Crippen LogP contribution in [0.25, 0.3) is 0 Å². The number of morpholine rings is 1. The molecular formula is C15H24N4O2. The Bertz CT molecular complexity index is 502. The van der Waals surface area contributed by atoms with Crippen molar-refractivity contribution in [1.29, 1.82) is 0 Å². The van der Waals surface area contributed by atoms with Gasteiger partial charge < -0.3 is 14.2 Å². The van der Waals surface area contributed by atoms with E-state index in [1.54, 1.807) is 6.92 Å². The fourth-order valence-corrected chi connectivity index (χ4v) is 3.45. The highest BCUT2D eigenvalue weighted by Gasteiger charge is 2.35. The summed E-state index contributed by atoms with van der Waals surface area (Å²) in [6, 6.07) is 0.243. The second-order valence-electron chi connectivity index (χ2n) is 6.04. The van der Waals surface area contributed by atoms with Crippen LogP contribution in [0.4, 0.5) is 0 Å². The molecule has 0 radical (unpaired) electrons. The molecule has 21 heavy (non-hydrogen) atoms. The zero-order chi connectivity index (χ0) is 14.8. The lowest BCUT2D eigenvalue weighted by molar-refractivity contribution is -0.144. The average Bonchev–Trinajstić information content (AvgIpc) is 2.75. The topological polar surface area (TPSA) is 50.6 Å². The number of hydrogen-bond donors (Lipinski definition) is 0. The molecule has 0 N–H and O–H groups in total. The molecule has 0 bridgehead atoms. The van der Waals surface area contributed by atoms with Crippen LogP contribution in [0.2, 0.25) is 0 Å². The molecule has 2 saturated heterocycles. The van der Waals surface area contributed by atoms with Crippen molar-refractivity contribution >= 4 is 5.91 Å². The highest BCUT2D eigenvalue weighted by Crippen LogP contribution is 2.24. The molecule has 0 aromatic carbocycles. The Balaban J connectivity index is 1.65. The third kappa shape index (κ3) is 3.11. The molecule has 0 spiro atoms. The molecule has 116 valence electrons. The van der Waals surface area contributed by atoms with Crippen LogP contribution in [0.5, 0.6) is 0 Å². The van der Waals surface area contributed by atoms with Crippen LogP contribution >= 0.6 is 0 Å². The minimum Gasteiger partial charge on any atom is -0.374 e. The molecular weight excluding hydrogens is 268 g/mol. The van der Waals surface area contributed by atoms with Gasteiger partial charge in [-0.15, -0.1) is 0 Å². The fourth-order valence-electron chi connectivity index (χ4n) is 3.45. The van der Waals surface area contributed by atoms with Crippen molar-refractivity contribution in [3.63, 3.8) is 0 Å². The summed E-state index contributed by atoms with van der Waals surface area (Å²) in [5.74, 6) is 0.174. The lowest BCUT2D eigenvalue weighted by Gasteiger charge is -2.39. The summed E-state index contributed by atoms with van der Waals surface area (Å²) in [5, 5.41) is 0. The van der Waals surface area contributed by atoms with Crippen molar-refractivity contribution in [3.05, 3.63) is 18.2 Å². The number of aromatic nitrogens is 2. The molecule has 2 aliphatic heterocycles. The second-order valence-corrected chi connectivity index (χ2v) is 6.04. The summed E-state index contributed by atoms with van der Waals surface area (Å²) in [7, 11) is 2.03. The van der Waals surface area contributed by atoms with Gasteiger partial charge in [-0.25, -0.2) is 4.98 Å². The molecule has 1 amide bonds. The first-order chi connectivity index (χ1) is 10.1. The van der Waals surface area contributed by atoms with Gasteiger partial charge >= 0.3 is 0 Å². The van der Waals surface area contributed by atoms with Gasteiger partial charge in [0.25, 0.3) is 0 Å². The van der Waals surface area contributed by atoms with E-state index in [0.29, 0.717) is 6.61 Å². The lowest BCUT2D eigenvalue weighted by atomic mass is 10.0. The molecule has 2 fully saturated rings. The predicted molar refractivity (Wildman–Crippen MR) is 78.6 cm³/mol. The first-order valence-electron chi connectivity index (χ1n) is 7.71. The van der Waals surface area contributed by atoms with Gasteiger partial charge in [-0.1, -0.05) is 0 Å². The Morgan fingerprint density at radius 1 is 1.38 bits per heavy atom. The second kappa shape index (κ2) is 6.15. The van der Waals surface area contributed by atoms with Crippen LogP contribution in [-0.4, -0.2) is 63.6 Å². The van der Waals surface area contributed by atoms with Crippen LogP contribution < -0.4 is 0 Å². The summed E-state index contributed by atoms with van der Waals surface area (Å²) in [6.07, 6.45) is 5.94. The quantitative estimate of drug-likeness (QED) is 0.802. The Kier molecular flexibility index (Phi) is 4.26. The Morgan fingerprint density at radius 3 is 2.90 bits per heavy atom. The molecule has 1 aromatic rings. The number of ether oxygens (including phenoxy) is 1. The monoisotopic (exact) mass is 292 g/mol. The van der Waals surface area contributed by atoms with Crippen molar-refractivity contribution in [3.8, 4) is 0 Å². The number of imidazole rings is 1. The van der Waals surface area contributed by atoms with E-state index in [1.165, 1.54) is 5.69 Å². The molecule has 6 nitrogen and oxygen atoms in total. The summed E-state index contributed by atoms with van der Waals surface area (Å²) < 4.78 is 7.98. The predicted octanol–water partition coefficient (Wildman–Crippen LogP) is 0.632. The first-order valence-corrected chi connectivity index (χ1v) is 7.71. The van der Waals surface area contributed by atoms with Gasteiger partial charge in [0.1, 0.15) is 0 Å². The van der Waals surface area contributed by atoms with Crippen molar-refractivity contribution in [1.82, 2.24) is 19.4 Å². The largest absolute Gasteiger partial charge is 0.374 e. The van der Waals surface area contributed by atoms with E-state index in [1.807, 2.05) is 24.5 Å². The van der Waals surface area contributed by atoms with E-state index < -0.39 is 0 Å². The standard InChI is InChI=1S/C15H24N4O2/c1-12(20)19-7-8-21-15-4-6-18(5-3-14(15)19)10-13-9-16-11-17(13)2/h9,11,14-15H,3-8,10H2,1-2H3/t14-,15+/m1/s1. The van der Waals surface area contributed by atoms with Gasteiger partial charge in [0.05, 0.1) is 30.8 Å². The number of aryl methyl sites for hydroxylation is 1. The number of carbonyl (C=O) groups is 1. The van der Waals surface area contributed by atoms with Gasteiger partial charge in [0.15, 0.2) is 0 Å². The number of likely N-dealkylation sites (tertiary alicyclic amines) is 1. The van der Waals surface area contributed by atoms with Crippen LogP contribution in [0.1, 0.15) is 25.5 Å². The number of nitrogens with zero attached hydrogens (tertiary/aromatic N) is 4. The number of fused-ring (bicyclic) bond motifs is 1. The van der Waals surface area contributed by atoms with Crippen LogP contribution in [0.3, 0.4) is 0 Å². The van der Waals surface area contributed by atoms with Crippen molar-refractivity contribution in [2.24, 2.45) is 7.05 Å². The van der Waals surface area contributed by atoms with E-state index in [4.69, 9.17) is 4.74 Å². The average molecular weight is 292 g/mol. The number of amides is 1. The van der Waals surface area contributed by atoms with E-state index in [2.05, 4.69) is 14.5 Å². The maximum atomic E-state index is 11.8. The smallest absolute Gasteiger partial charge is 0.219 e. The van der Waals surface area contributed by atoms with Crippen molar-refractivity contribution < 1.29 is 9.53 Å². The number of hydrogen-bond acceptors (Lipinski definition) is 4. The summed E-state index contributed by atoms with van der Waals surface area (Å²) in [5.41, 5.74) is 1.23. The number of rotatable bonds is 2. The number of carbonyl (C=O) groups excluding carboxylic acids is 1. The molecule has 3 rings (SSSR count). The molecule has 1 aromatic heterocycles. The van der Waals surface area contributed by atoms with Gasteiger partial charge in [-0.2, -0.15) is 0 Å². The lowest BCUT2D eigenvalue weighted by Crippen LogP contribution is -2.52. The maximum absolute atomic E-state index is 11.8. The highest BCUT2D eigenvalue weighted by molar-refractivity contribution is 5.73. The van der Waals surface area contributed by atoms with Gasteiger partial charge in [0.2, 0.25) is 5.91 Å². The maximum Gasteiger partial charge on any atom is 0.219 e. The van der Waals surface area contributed by atoms with Crippen LogP contribution in [-0.2, 0) is 23.1 Å². The van der Waals surface area contributed by atoms with E-state index in [-0.39, 0.29) is 18.1 Å². The van der Waals surface area contributed by atoms with E-state index >= 15 is 0 Å². The summed E-state index contributed by atoms with van der Waals surface area (Å²) in [4.78, 5) is 20.4. The van der Waals surface area contributed by atoms with Crippen molar-refractivity contribution in [2.45, 2.75) is 38.5 Å². The highest BCUT2D eigenvalue weighted by atomic mass is 16.5. The fraction of sp³-hybridized carbons (Fsp3) is 0.733. The Hall–Kier alpha value is -1.40. The van der Waals surface area contributed by atoms with E-state index in [9.17, 15) is 4.79 Å². The first kappa shape index (κ1) is 14.5. The third-order valence-corrected chi connectivity index (χ3v) is 4.67. The molecule has 3 heterocycles. The molecule has 0 unspecified atom stereocenters. The zero-order valence-corrected chi connectivity index (χ0v) is 12.9. The Morgan fingerprint density at radius 2 is 2.19 bits per heavy atom. The summed E-state index contributed by atoms with van der Waals surface area (Å²) >= 11 is 0. The summed E-state index contributed by atoms with van der Waals surface area (Å²) in [6.45, 7) is 6.00.